The lowest BCUT2D eigenvalue weighted by Crippen LogP contribution is -2.67. The van der Waals surface area contributed by atoms with Crippen molar-refractivity contribution in [1.29, 1.82) is 0 Å². The zero-order valence-corrected chi connectivity index (χ0v) is 24.6. The highest BCUT2D eigenvalue weighted by atomic mass is 35.5. The van der Waals surface area contributed by atoms with Crippen molar-refractivity contribution < 1.29 is 0 Å². The molecule has 1 fully saturated rings. The molecule has 1 aliphatic rings. The first kappa shape index (κ1) is 27.8. The van der Waals surface area contributed by atoms with Gasteiger partial charge in [-0.2, -0.15) is 9.35 Å². The van der Waals surface area contributed by atoms with Crippen LogP contribution >= 0.6 is 46.7 Å². The summed E-state index contributed by atoms with van der Waals surface area (Å²) in [6.45, 7) is 3.12. The Balaban J connectivity index is 1.83. The average Bonchev–Trinajstić information content (AvgIpc) is 2.93. The van der Waals surface area contributed by atoms with E-state index in [9.17, 15) is 9.59 Å². The van der Waals surface area contributed by atoms with Crippen LogP contribution < -0.4 is 20.9 Å². The summed E-state index contributed by atoms with van der Waals surface area (Å²) in [5, 5.41) is 27.0. The molecule has 3 heterocycles. The first-order valence-electron chi connectivity index (χ1n) is 11.5. The minimum absolute atomic E-state index is 0.175. The second-order valence-corrected chi connectivity index (χ2v) is 10.6. The van der Waals surface area contributed by atoms with E-state index < -0.39 is 11.1 Å². The number of benzene rings is 2. The largest absolute Gasteiger partial charge is 0.296 e. The molecule has 0 atom stereocenters. The molecule has 0 aliphatic carbocycles. The van der Waals surface area contributed by atoms with E-state index in [1.807, 2.05) is 0 Å². The molecule has 0 bridgehead atoms. The summed E-state index contributed by atoms with van der Waals surface area (Å²) in [5.74, 6) is 0.538. The summed E-state index contributed by atoms with van der Waals surface area (Å²) >= 11 is 15.1. The van der Waals surface area contributed by atoms with E-state index in [1.165, 1.54) is 32.9 Å². The van der Waals surface area contributed by atoms with Crippen molar-refractivity contribution >= 4 is 70.0 Å². The Morgan fingerprint density at radius 1 is 0.675 bits per heavy atom. The topological polar surface area (TPSA) is 127 Å². The summed E-state index contributed by atoms with van der Waals surface area (Å²) < 4.78 is 2.34. The van der Waals surface area contributed by atoms with Gasteiger partial charge in [0.05, 0.1) is 11.4 Å². The van der Waals surface area contributed by atoms with Gasteiger partial charge in [-0.1, -0.05) is 58.9 Å². The van der Waals surface area contributed by atoms with Crippen LogP contribution in [0.3, 0.4) is 0 Å². The Morgan fingerprint density at radius 2 is 1.07 bits per heavy atom. The Bertz CT molecular complexity index is 1660. The third-order valence-electron chi connectivity index (χ3n) is 5.61. The van der Waals surface area contributed by atoms with Crippen molar-refractivity contribution in [1.82, 2.24) is 29.7 Å². The number of hydrogen-bond donors (Lipinski definition) is 0. The van der Waals surface area contributed by atoms with Gasteiger partial charge in [0.2, 0.25) is 22.2 Å². The molecule has 0 unspecified atom stereocenters. The van der Waals surface area contributed by atoms with Gasteiger partial charge < -0.3 is 0 Å². The number of halogens is 2. The fourth-order valence-corrected chi connectivity index (χ4v) is 4.91. The highest BCUT2D eigenvalue weighted by molar-refractivity contribution is 7.98. The van der Waals surface area contributed by atoms with Gasteiger partial charge in [-0.05, 0) is 62.8 Å². The Hall–Kier alpha value is -3.72. The maximum absolute atomic E-state index is 13.1. The first-order valence-corrected chi connectivity index (χ1v) is 14.7. The van der Waals surface area contributed by atoms with E-state index in [1.54, 1.807) is 84.7 Å². The van der Waals surface area contributed by atoms with Gasteiger partial charge >= 0.3 is 0 Å². The number of aryl methyl sites for hydroxylation is 2. The molecule has 0 saturated carbocycles. The van der Waals surface area contributed by atoms with Crippen LogP contribution in [0.2, 0.25) is 10.0 Å². The van der Waals surface area contributed by atoms with Gasteiger partial charge in [-0.3, -0.25) is 9.59 Å². The quantitative estimate of drug-likeness (QED) is 0.295. The lowest BCUT2D eigenvalue weighted by Gasteiger charge is -2.45. The molecule has 16 heteroatoms. The zero-order chi connectivity index (χ0) is 28.6. The van der Waals surface area contributed by atoms with Crippen LogP contribution in [0.15, 0.2) is 78.6 Å². The fourth-order valence-electron chi connectivity index (χ4n) is 3.70. The molecule has 0 N–H and O–H groups in total. The number of anilines is 2. The van der Waals surface area contributed by atoms with E-state index >= 15 is 0 Å². The summed E-state index contributed by atoms with van der Waals surface area (Å²) in [6.07, 6.45) is 3.53. The number of thioether (sulfide) groups is 2. The monoisotopic (exact) mass is 614 g/mol. The molecule has 40 heavy (non-hydrogen) atoms. The van der Waals surface area contributed by atoms with Crippen molar-refractivity contribution in [2.24, 2.45) is 10.2 Å². The van der Waals surface area contributed by atoms with Crippen LogP contribution in [-0.4, -0.2) is 54.2 Å². The van der Waals surface area contributed by atoms with Crippen LogP contribution in [-0.2, 0) is 0 Å². The molecule has 1 aliphatic heterocycles. The van der Waals surface area contributed by atoms with E-state index in [-0.39, 0.29) is 33.6 Å². The van der Waals surface area contributed by atoms with E-state index in [2.05, 4.69) is 20.4 Å². The van der Waals surface area contributed by atoms with Crippen LogP contribution in [0.25, 0.3) is 0 Å². The van der Waals surface area contributed by atoms with Crippen LogP contribution in [0.4, 0.5) is 11.4 Å². The molecule has 0 radical (unpaired) electrons. The van der Waals surface area contributed by atoms with Crippen LogP contribution in [0.5, 0.6) is 0 Å². The van der Waals surface area contributed by atoms with Gasteiger partial charge in [0, 0.05) is 10.0 Å². The van der Waals surface area contributed by atoms with Gasteiger partial charge in [0.25, 0.3) is 11.1 Å². The number of hydrogen-bond acceptors (Lipinski definition) is 10. The van der Waals surface area contributed by atoms with Gasteiger partial charge in [-0.15, -0.1) is 30.6 Å². The van der Waals surface area contributed by atoms with Gasteiger partial charge in [0.1, 0.15) is 11.4 Å². The number of guanidine groups is 2. The van der Waals surface area contributed by atoms with Gasteiger partial charge in [-0.25, -0.2) is 9.80 Å². The molecular formula is C24H20Cl2N10O2S2. The number of rotatable bonds is 6. The van der Waals surface area contributed by atoms with Crippen molar-refractivity contribution in [2.75, 3.05) is 22.3 Å². The molecule has 5 rings (SSSR count). The summed E-state index contributed by atoms with van der Waals surface area (Å²) in [7, 11) is 0. The second kappa shape index (κ2) is 11.4. The lowest BCUT2D eigenvalue weighted by atomic mass is 10.2. The Kier molecular flexibility index (Phi) is 7.94. The fraction of sp³-hybridized carbons (Fsp3) is 0.167. The lowest BCUT2D eigenvalue weighted by molar-refractivity contribution is 0.622. The number of nitrogens with zero attached hydrogens (tertiary/aromatic N) is 10. The predicted octanol–water partition coefficient (Wildman–Crippen LogP) is 3.92. The molecular weight excluding hydrogens is 595 g/mol. The molecule has 0 amide bonds. The SMILES string of the molecule is CSc1nnc(C)c(=O)n1N=C1N(c2cccc(Cl)c2)C(=Nn2c(SC)nnc(C)c2=O)N1c1cccc(Cl)c1. The van der Waals surface area contributed by atoms with Crippen molar-refractivity contribution in [3.05, 3.63) is 90.7 Å². The smallest absolute Gasteiger partial charge is 0.265 e. The summed E-state index contributed by atoms with van der Waals surface area (Å²) in [4.78, 5) is 29.6. The summed E-state index contributed by atoms with van der Waals surface area (Å²) in [6, 6.07) is 14.0. The molecule has 204 valence electrons. The third-order valence-corrected chi connectivity index (χ3v) is 7.32. The maximum atomic E-state index is 13.1. The van der Waals surface area contributed by atoms with Crippen LogP contribution in [0, 0.1) is 13.8 Å². The molecule has 2 aromatic heterocycles. The predicted molar refractivity (Wildman–Crippen MR) is 159 cm³/mol. The Morgan fingerprint density at radius 3 is 1.43 bits per heavy atom. The minimum Gasteiger partial charge on any atom is -0.265 e. The van der Waals surface area contributed by atoms with Crippen LogP contribution in [0.1, 0.15) is 11.4 Å². The normalized spacial score (nSPS) is 12.9. The average molecular weight is 616 g/mol. The third kappa shape index (κ3) is 5.10. The van der Waals surface area contributed by atoms with Crippen molar-refractivity contribution in [2.45, 2.75) is 24.2 Å². The van der Waals surface area contributed by atoms with Gasteiger partial charge in [0.15, 0.2) is 0 Å². The van der Waals surface area contributed by atoms with Crippen molar-refractivity contribution in [3.8, 4) is 0 Å². The van der Waals surface area contributed by atoms with E-state index in [4.69, 9.17) is 33.4 Å². The molecule has 0 spiro atoms. The maximum Gasteiger partial charge on any atom is 0.296 e. The standard InChI is InChI=1S/C24H20Cl2N10O2S2/c1-13-19(37)35(23(39-3)29-27-13)31-21-33(17-9-5-7-15(25)11-17)22(34(21)18-10-6-8-16(26)12-18)32-36-20(38)14(2)28-30-24(36)40-4/h5-12H,1-4H3. The molecule has 1 saturated heterocycles. The minimum atomic E-state index is -0.441. The molecule has 2 aromatic carbocycles. The van der Waals surface area contributed by atoms with Crippen molar-refractivity contribution in [3.63, 3.8) is 0 Å². The molecule has 4 aromatic rings. The highest BCUT2D eigenvalue weighted by Gasteiger charge is 2.43. The summed E-state index contributed by atoms with van der Waals surface area (Å²) in [5.41, 5.74) is 0.631. The zero-order valence-electron chi connectivity index (χ0n) is 21.5. The number of aromatic nitrogens is 6. The highest BCUT2D eigenvalue weighted by Crippen LogP contribution is 2.34. The first-order chi connectivity index (χ1) is 19.2. The van der Waals surface area contributed by atoms with E-state index in [0.717, 1.165) is 0 Å². The Labute approximate surface area is 246 Å². The van der Waals surface area contributed by atoms with E-state index in [0.29, 0.717) is 21.4 Å². The second-order valence-electron chi connectivity index (χ2n) is 8.21. The molecule has 12 nitrogen and oxygen atoms in total.